The molecule has 0 aromatic heterocycles. The number of rotatable bonds is 8. The zero-order valence-corrected chi connectivity index (χ0v) is 21.8. The van der Waals surface area contributed by atoms with Gasteiger partial charge in [0.15, 0.2) is 0 Å². The van der Waals surface area contributed by atoms with Gasteiger partial charge in [-0.2, -0.15) is 0 Å². The first-order valence-electron chi connectivity index (χ1n) is 11.0. The molecule has 0 saturated carbocycles. The Morgan fingerprint density at radius 1 is 0.938 bits per heavy atom. The van der Waals surface area contributed by atoms with Crippen molar-refractivity contribution in [3.05, 3.63) is 71.8 Å². The summed E-state index contributed by atoms with van der Waals surface area (Å²) in [4.78, 5) is 12.0. The number of halogens is 1. The molecule has 4 nitrogen and oxygen atoms in total. The molecule has 0 heterocycles. The number of ether oxygens (including phenoxy) is 1. The standard InChI is InChI=1S/C26H36ClNO3Si/c1-25(2,3)31-24(29)28-20-21(19-27)17-18-30-32(26(4,5)6,22-13-9-7-10-14-22)23-15-11-8-12-16-23/h7-16,19H,17-18,20H2,1-6H3,(H,28,29)/b21-19+. The molecule has 0 aliphatic heterocycles. The first-order chi connectivity index (χ1) is 15.0. The normalized spacial score (nSPS) is 13.0. The number of carbonyl (C=O) groups excluding carboxylic acids is 1. The third kappa shape index (κ3) is 6.96. The summed E-state index contributed by atoms with van der Waals surface area (Å²) in [7, 11) is -2.59. The molecule has 6 heteroatoms. The van der Waals surface area contributed by atoms with E-state index in [0.29, 0.717) is 19.6 Å². The molecule has 0 fully saturated rings. The van der Waals surface area contributed by atoms with Crippen LogP contribution in [0.1, 0.15) is 48.0 Å². The monoisotopic (exact) mass is 473 g/mol. The van der Waals surface area contributed by atoms with E-state index in [0.717, 1.165) is 5.57 Å². The highest BCUT2D eigenvalue weighted by molar-refractivity contribution is 6.99. The van der Waals surface area contributed by atoms with Crippen LogP contribution in [0.25, 0.3) is 0 Å². The van der Waals surface area contributed by atoms with Crippen LogP contribution in [-0.4, -0.2) is 33.2 Å². The number of benzene rings is 2. The van der Waals surface area contributed by atoms with Gasteiger partial charge in [-0.3, -0.25) is 0 Å². The quantitative estimate of drug-likeness (QED) is 0.507. The van der Waals surface area contributed by atoms with Crippen molar-refractivity contribution >= 4 is 36.4 Å². The lowest BCUT2D eigenvalue weighted by atomic mass is 10.2. The molecular weight excluding hydrogens is 438 g/mol. The highest BCUT2D eigenvalue weighted by Gasteiger charge is 2.49. The Balaban J connectivity index is 2.20. The van der Waals surface area contributed by atoms with Gasteiger partial charge < -0.3 is 14.5 Å². The molecule has 0 aliphatic rings. The van der Waals surface area contributed by atoms with Crippen molar-refractivity contribution in [2.75, 3.05) is 13.2 Å². The molecule has 0 unspecified atom stereocenters. The Labute approximate surface area is 199 Å². The van der Waals surface area contributed by atoms with Gasteiger partial charge in [0.05, 0.1) is 0 Å². The van der Waals surface area contributed by atoms with E-state index in [2.05, 4.69) is 74.6 Å². The number of nitrogens with one attached hydrogen (secondary N) is 1. The zero-order chi connectivity index (χ0) is 23.8. The first kappa shape index (κ1) is 26.2. The topological polar surface area (TPSA) is 47.6 Å². The highest BCUT2D eigenvalue weighted by atomic mass is 35.5. The maximum Gasteiger partial charge on any atom is 0.407 e. The van der Waals surface area contributed by atoms with Crippen molar-refractivity contribution in [1.82, 2.24) is 5.32 Å². The minimum Gasteiger partial charge on any atom is -0.444 e. The molecule has 1 amide bonds. The van der Waals surface area contributed by atoms with Crippen molar-refractivity contribution in [2.24, 2.45) is 0 Å². The molecule has 0 spiro atoms. The van der Waals surface area contributed by atoms with E-state index in [-0.39, 0.29) is 5.04 Å². The first-order valence-corrected chi connectivity index (χ1v) is 13.3. The zero-order valence-electron chi connectivity index (χ0n) is 20.1. The summed E-state index contributed by atoms with van der Waals surface area (Å²) in [6.07, 6.45) is 0.158. The van der Waals surface area contributed by atoms with Crippen molar-refractivity contribution in [3.63, 3.8) is 0 Å². The molecule has 0 saturated heterocycles. The number of hydrogen-bond acceptors (Lipinski definition) is 3. The second kappa shape index (κ2) is 11.2. The minimum atomic E-state index is -2.59. The van der Waals surface area contributed by atoms with Gasteiger partial charge in [-0.1, -0.05) is 93.0 Å². The summed E-state index contributed by atoms with van der Waals surface area (Å²) in [5.41, 5.74) is 1.86. The van der Waals surface area contributed by atoms with Crippen LogP contribution < -0.4 is 15.7 Å². The summed E-state index contributed by atoms with van der Waals surface area (Å²) in [6, 6.07) is 21.1. The smallest absolute Gasteiger partial charge is 0.407 e. The number of carbonyl (C=O) groups is 1. The van der Waals surface area contributed by atoms with E-state index >= 15 is 0 Å². The van der Waals surface area contributed by atoms with Gasteiger partial charge in [0.25, 0.3) is 8.32 Å². The second-order valence-corrected chi connectivity index (χ2v) is 14.4. The van der Waals surface area contributed by atoms with Gasteiger partial charge in [-0.25, -0.2) is 4.79 Å². The number of hydrogen-bond donors (Lipinski definition) is 1. The van der Waals surface area contributed by atoms with Gasteiger partial charge in [0, 0.05) is 18.7 Å². The summed E-state index contributed by atoms with van der Waals surface area (Å²) < 4.78 is 12.2. The average molecular weight is 474 g/mol. The summed E-state index contributed by atoms with van der Waals surface area (Å²) in [5, 5.41) is 5.16. The van der Waals surface area contributed by atoms with Crippen LogP contribution in [0.5, 0.6) is 0 Å². The maximum absolute atomic E-state index is 12.0. The Hall–Kier alpha value is -2.08. The van der Waals surface area contributed by atoms with Crippen molar-refractivity contribution in [3.8, 4) is 0 Å². The second-order valence-electron chi connectivity index (χ2n) is 9.88. The fraction of sp³-hybridized carbons (Fsp3) is 0.423. The van der Waals surface area contributed by atoms with E-state index in [4.69, 9.17) is 20.8 Å². The van der Waals surface area contributed by atoms with E-state index in [1.807, 2.05) is 32.9 Å². The van der Waals surface area contributed by atoms with Crippen LogP contribution in [0, 0.1) is 0 Å². The van der Waals surface area contributed by atoms with Gasteiger partial charge in [0.1, 0.15) is 5.60 Å². The van der Waals surface area contributed by atoms with Crippen LogP contribution in [0.4, 0.5) is 4.79 Å². The molecule has 174 valence electrons. The summed E-state index contributed by atoms with van der Waals surface area (Å²) in [6.45, 7) is 13.1. The molecular formula is C26H36ClNO3Si. The maximum atomic E-state index is 12.0. The fourth-order valence-corrected chi connectivity index (χ4v) is 8.53. The largest absolute Gasteiger partial charge is 0.444 e. The van der Waals surface area contributed by atoms with E-state index < -0.39 is 20.0 Å². The molecule has 1 N–H and O–H groups in total. The molecule has 0 atom stereocenters. The summed E-state index contributed by atoms with van der Waals surface area (Å²) in [5.74, 6) is 0. The molecule has 2 rings (SSSR count). The fourth-order valence-electron chi connectivity index (χ4n) is 3.78. The predicted octanol–water partition coefficient (Wildman–Crippen LogP) is 5.60. The SMILES string of the molecule is CC(C)(C)OC(=O)NC/C(=C/Cl)CCO[Si](c1ccccc1)(c1ccccc1)C(C)(C)C. The van der Waals surface area contributed by atoms with Crippen LogP contribution in [0.15, 0.2) is 71.8 Å². The van der Waals surface area contributed by atoms with E-state index in [1.54, 1.807) is 0 Å². The van der Waals surface area contributed by atoms with Gasteiger partial charge in [-0.05, 0) is 48.2 Å². The van der Waals surface area contributed by atoms with Crippen molar-refractivity contribution in [1.29, 1.82) is 0 Å². The molecule has 0 aliphatic carbocycles. The molecule has 2 aromatic rings. The van der Waals surface area contributed by atoms with E-state index in [9.17, 15) is 4.79 Å². The Kier molecular flexibility index (Phi) is 9.14. The third-order valence-electron chi connectivity index (χ3n) is 5.17. The van der Waals surface area contributed by atoms with Crippen LogP contribution in [-0.2, 0) is 9.16 Å². The van der Waals surface area contributed by atoms with E-state index in [1.165, 1.54) is 15.9 Å². The number of amides is 1. The van der Waals surface area contributed by atoms with Crippen molar-refractivity contribution < 1.29 is 14.0 Å². The lowest BCUT2D eigenvalue weighted by Crippen LogP contribution is -2.66. The lowest BCUT2D eigenvalue weighted by Gasteiger charge is -2.43. The van der Waals surface area contributed by atoms with Crippen LogP contribution in [0.2, 0.25) is 5.04 Å². The predicted molar refractivity (Wildman–Crippen MR) is 136 cm³/mol. The molecule has 0 bridgehead atoms. The van der Waals surface area contributed by atoms with Gasteiger partial charge >= 0.3 is 6.09 Å². The number of alkyl carbamates (subject to hydrolysis) is 1. The molecule has 32 heavy (non-hydrogen) atoms. The van der Waals surface area contributed by atoms with Gasteiger partial charge in [-0.15, -0.1) is 0 Å². The Bertz CT molecular complexity index is 847. The molecule has 2 aromatic carbocycles. The Morgan fingerprint density at radius 3 is 1.84 bits per heavy atom. The lowest BCUT2D eigenvalue weighted by molar-refractivity contribution is 0.0532. The third-order valence-corrected chi connectivity index (χ3v) is 10.5. The average Bonchev–Trinajstić information content (AvgIpc) is 2.72. The Morgan fingerprint density at radius 2 is 1.44 bits per heavy atom. The molecule has 0 radical (unpaired) electrons. The highest BCUT2D eigenvalue weighted by Crippen LogP contribution is 2.36. The van der Waals surface area contributed by atoms with Crippen LogP contribution in [0.3, 0.4) is 0 Å². The summed E-state index contributed by atoms with van der Waals surface area (Å²) >= 11 is 6.06. The van der Waals surface area contributed by atoms with Crippen LogP contribution >= 0.6 is 11.6 Å². The van der Waals surface area contributed by atoms with Crippen molar-refractivity contribution in [2.45, 2.75) is 58.6 Å². The minimum absolute atomic E-state index is 0.0880. The van der Waals surface area contributed by atoms with Gasteiger partial charge in [0.2, 0.25) is 0 Å².